The summed E-state index contributed by atoms with van der Waals surface area (Å²) in [6, 6.07) is 6.92. The number of hydrogen-bond donors (Lipinski definition) is 0. The molecule has 1 aromatic rings. The number of rotatable bonds is 6. The van der Waals surface area contributed by atoms with Gasteiger partial charge in [0.2, 0.25) is 6.16 Å². The summed E-state index contributed by atoms with van der Waals surface area (Å²) in [5, 5.41) is 0. The molecule has 0 N–H and O–H groups in total. The molecule has 0 aromatic heterocycles. The van der Waals surface area contributed by atoms with Crippen LogP contribution in [0.5, 0.6) is 0 Å². The number of ether oxygens (including phenoxy) is 1. The zero-order valence-corrected chi connectivity index (χ0v) is 10.9. The highest BCUT2D eigenvalue weighted by molar-refractivity contribution is 7.38. The maximum absolute atomic E-state index is 11.5. The summed E-state index contributed by atoms with van der Waals surface area (Å²) in [7, 11) is -1.70. The molecule has 0 spiro atoms. The normalized spacial score (nSPS) is 11.1. The third-order valence-electron chi connectivity index (χ3n) is 2.02. The molecule has 1 unspecified atom stereocenters. The van der Waals surface area contributed by atoms with Crippen molar-refractivity contribution < 1.29 is 18.6 Å². The summed E-state index contributed by atoms with van der Waals surface area (Å²) >= 11 is 0. The van der Waals surface area contributed by atoms with Gasteiger partial charge < -0.3 is 4.74 Å². The van der Waals surface area contributed by atoms with E-state index in [9.17, 15) is 9.36 Å². The molecule has 5 heteroatoms. The van der Waals surface area contributed by atoms with Crippen LogP contribution in [0.25, 0.3) is 0 Å². The fourth-order valence-electron chi connectivity index (χ4n) is 1.35. The Labute approximate surface area is 102 Å². The smallest absolute Gasteiger partial charge is 0.462 e. The van der Waals surface area contributed by atoms with Gasteiger partial charge in [-0.05, 0) is 30.5 Å². The molecule has 0 aliphatic carbocycles. The number of carbonyl (C=O) groups is 1. The zero-order chi connectivity index (χ0) is 12.7. The predicted molar refractivity (Wildman–Crippen MR) is 65.3 cm³/mol. The average molecular weight is 255 g/mol. The molecule has 0 amide bonds. The van der Waals surface area contributed by atoms with E-state index in [0.717, 1.165) is 5.56 Å². The fraction of sp³-hybridized carbons (Fsp3) is 0.417. The van der Waals surface area contributed by atoms with E-state index in [0.29, 0.717) is 24.9 Å². The second kappa shape index (κ2) is 7.15. The molecule has 0 saturated carbocycles. The summed E-state index contributed by atoms with van der Waals surface area (Å²) < 4.78 is 21.3. The van der Waals surface area contributed by atoms with Gasteiger partial charge in [0, 0.05) is 5.56 Å². The van der Waals surface area contributed by atoms with Crippen LogP contribution in [0, 0.1) is 0 Å². The van der Waals surface area contributed by atoms with Crippen LogP contribution in [0.3, 0.4) is 0 Å². The molecule has 0 radical (unpaired) electrons. The highest BCUT2D eigenvalue weighted by Crippen LogP contribution is 2.28. The van der Waals surface area contributed by atoms with Crippen LogP contribution < -0.4 is 0 Å². The highest BCUT2D eigenvalue weighted by Gasteiger charge is 2.18. The molecule has 0 aliphatic heterocycles. The maximum atomic E-state index is 11.5. The Balaban J connectivity index is 2.72. The van der Waals surface area contributed by atoms with Gasteiger partial charge in [0.25, 0.3) is 0 Å². The van der Waals surface area contributed by atoms with Crippen LogP contribution in [0.2, 0.25) is 0 Å². The summed E-state index contributed by atoms with van der Waals surface area (Å²) in [6.07, 6.45) is 0.316. The zero-order valence-electron chi connectivity index (χ0n) is 10.0. The highest BCUT2D eigenvalue weighted by atomic mass is 31.1. The molecular formula is C12H16O4P+. The van der Waals surface area contributed by atoms with Crippen molar-refractivity contribution in [3.8, 4) is 0 Å². The Morgan fingerprint density at radius 2 is 2.06 bits per heavy atom. The van der Waals surface area contributed by atoms with Gasteiger partial charge in [0.05, 0.1) is 18.8 Å². The van der Waals surface area contributed by atoms with Crippen LogP contribution in [-0.2, 0) is 20.0 Å². The minimum Gasteiger partial charge on any atom is -0.462 e. The van der Waals surface area contributed by atoms with E-state index in [1.165, 1.54) is 0 Å². The number of esters is 1. The summed E-state index contributed by atoms with van der Waals surface area (Å²) in [4.78, 5) is 11.5. The molecule has 0 fully saturated rings. The van der Waals surface area contributed by atoms with Crippen molar-refractivity contribution in [1.82, 2.24) is 0 Å². The minimum atomic E-state index is -1.70. The standard InChI is InChI=1S/C12H16O4P/c1-3-15-12(13)11-7-5-6-10(8-11)9-17(14)16-4-2/h5-8H,3-4,9H2,1-2H3/q+1. The van der Waals surface area contributed by atoms with E-state index in [1.54, 1.807) is 32.0 Å². The lowest BCUT2D eigenvalue weighted by molar-refractivity contribution is 0.0526. The molecule has 0 aliphatic rings. The summed E-state index contributed by atoms with van der Waals surface area (Å²) in [6.45, 7) is 4.32. The lowest BCUT2D eigenvalue weighted by Crippen LogP contribution is -2.04. The van der Waals surface area contributed by atoms with Gasteiger partial charge in [-0.15, -0.1) is 4.52 Å². The first-order valence-corrected chi connectivity index (χ1v) is 6.87. The second-order valence-corrected chi connectivity index (χ2v) is 4.57. The van der Waals surface area contributed by atoms with Gasteiger partial charge in [0.1, 0.15) is 0 Å². The van der Waals surface area contributed by atoms with E-state index in [1.807, 2.05) is 6.07 Å². The van der Waals surface area contributed by atoms with Crippen LogP contribution in [0.1, 0.15) is 29.8 Å². The number of hydrogen-bond acceptors (Lipinski definition) is 4. The van der Waals surface area contributed by atoms with Crippen molar-refractivity contribution in [2.75, 3.05) is 13.2 Å². The van der Waals surface area contributed by atoms with E-state index in [-0.39, 0.29) is 5.97 Å². The Hall–Kier alpha value is -1.25. The molecule has 0 bridgehead atoms. The second-order valence-electron chi connectivity index (χ2n) is 3.33. The molecule has 4 nitrogen and oxygen atoms in total. The Morgan fingerprint density at radius 1 is 1.29 bits per heavy atom. The lowest BCUT2D eigenvalue weighted by Gasteiger charge is -2.01. The first kappa shape index (κ1) is 13.8. The van der Waals surface area contributed by atoms with Crippen LogP contribution >= 0.6 is 8.03 Å². The van der Waals surface area contributed by atoms with Gasteiger partial charge in [-0.3, -0.25) is 0 Å². The Morgan fingerprint density at radius 3 is 2.71 bits per heavy atom. The SMILES string of the molecule is CCOC(=O)c1cccc(C[P+](=O)OCC)c1. The molecule has 1 rings (SSSR count). The van der Waals surface area contributed by atoms with E-state index in [4.69, 9.17) is 9.26 Å². The first-order chi connectivity index (χ1) is 8.17. The van der Waals surface area contributed by atoms with Crippen LogP contribution in [0.4, 0.5) is 0 Å². The van der Waals surface area contributed by atoms with Gasteiger partial charge >= 0.3 is 14.0 Å². The molecular weight excluding hydrogens is 239 g/mol. The topological polar surface area (TPSA) is 52.6 Å². The third-order valence-corrected chi connectivity index (χ3v) is 3.19. The monoisotopic (exact) mass is 255 g/mol. The van der Waals surface area contributed by atoms with Gasteiger partial charge in [-0.2, -0.15) is 0 Å². The van der Waals surface area contributed by atoms with Crippen molar-refractivity contribution in [2.24, 2.45) is 0 Å². The van der Waals surface area contributed by atoms with Gasteiger partial charge in [-0.25, -0.2) is 4.79 Å². The Bertz CT molecular complexity index is 403. The lowest BCUT2D eigenvalue weighted by atomic mass is 10.1. The van der Waals surface area contributed by atoms with Gasteiger partial charge in [0.15, 0.2) is 0 Å². The van der Waals surface area contributed by atoms with E-state index < -0.39 is 8.03 Å². The maximum Gasteiger partial charge on any atom is 0.512 e. The number of carbonyl (C=O) groups excluding carboxylic acids is 1. The van der Waals surface area contributed by atoms with Gasteiger partial charge in [-0.1, -0.05) is 12.1 Å². The summed E-state index contributed by atoms with van der Waals surface area (Å²) in [5.41, 5.74) is 1.29. The van der Waals surface area contributed by atoms with Crippen LogP contribution in [0.15, 0.2) is 24.3 Å². The first-order valence-electron chi connectivity index (χ1n) is 5.51. The largest absolute Gasteiger partial charge is 0.512 e. The van der Waals surface area contributed by atoms with Crippen molar-refractivity contribution in [1.29, 1.82) is 0 Å². The van der Waals surface area contributed by atoms with Crippen molar-refractivity contribution >= 4 is 14.0 Å². The third kappa shape index (κ3) is 4.63. The van der Waals surface area contributed by atoms with E-state index in [2.05, 4.69) is 0 Å². The molecule has 17 heavy (non-hydrogen) atoms. The predicted octanol–water partition coefficient (Wildman–Crippen LogP) is 3.14. The molecule has 92 valence electrons. The van der Waals surface area contributed by atoms with Crippen molar-refractivity contribution in [2.45, 2.75) is 20.0 Å². The Kier molecular flexibility index (Phi) is 5.81. The molecule has 0 heterocycles. The number of benzene rings is 1. The molecule has 1 aromatic carbocycles. The minimum absolute atomic E-state index is 0.316. The average Bonchev–Trinajstić information content (AvgIpc) is 2.30. The summed E-state index contributed by atoms with van der Waals surface area (Å²) in [5.74, 6) is -0.360. The van der Waals surface area contributed by atoms with Crippen LogP contribution in [-0.4, -0.2) is 19.2 Å². The molecule has 1 atom stereocenters. The van der Waals surface area contributed by atoms with Crippen molar-refractivity contribution in [3.05, 3.63) is 35.4 Å². The fourth-order valence-corrected chi connectivity index (χ4v) is 2.22. The molecule has 0 saturated heterocycles. The quantitative estimate of drug-likeness (QED) is 0.578. The van der Waals surface area contributed by atoms with E-state index >= 15 is 0 Å². The van der Waals surface area contributed by atoms with Crippen molar-refractivity contribution in [3.63, 3.8) is 0 Å².